The van der Waals surface area contributed by atoms with E-state index in [0.717, 1.165) is 67.6 Å². The molecule has 2 aromatic rings. The van der Waals surface area contributed by atoms with Crippen LogP contribution in [0.5, 0.6) is 11.5 Å². The van der Waals surface area contributed by atoms with Crippen LogP contribution in [-0.4, -0.2) is 66.7 Å². The molecular weight excluding hydrogens is 468 g/mol. The molecule has 37 heavy (non-hydrogen) atoms. The summed E-state index contributed by atoms with van der Waals surface area (Å²) in [5.41, 5.74) is 3.00. The van der Waals surface area contributed by atoms with Gasteiger partial charge in [-0.25, -0.2) is 0 Å². The van der Waals surface area contributed by atoms with E-state index < -0.39 is 17.9 Å². The largest absolute Gasteiger partial charge is 0.497 e. The summed E-state index contributed by atoms with van der Waals surface area (Å²) in [5, 5.41) is 10.5. The van der Waals surface area contributed by atoms with E-state index in [9.17, 15) is 14.7 Å². The van der Waals surface area contributed by atoms with Gasteiger partial charge in [0.05, 0.1) is 26.2 Å². The molecule has 2 aromatic carbocycles. The monoisotopic (exact) mass is 508 g/mol. The molecule has 7 nitrogen and oxygen atoms in total. The topological polar surface area (TPSA) is 79.3 Å². The molecule has 2 aliphatic rings. The molecule has 0 aromatic heterocycles. The molecule has 7 heteroatoms. The Balaban J connectivity index is 1.67. The SMILES string of the molecule is CCCCN(CCCC)C(=O)CN1C[C@@H](c2ccc3c(c2)OCC3)[C@H](C(=O)O)[C@H]1c1ccc(OC)cc1. The molecule has 4 rings (SSSR count). The normalized spacial score (nSPS) is 20.9. The second kappa shape index (κ2) is 12.5. The van der Waals surface area contributed by atoms with Gasteiger partial charge in [0.15, 0.2) is 0 Å². The minimum atomic E-state index is -0.851. The van der Waals surface area contributed by atoms with E-state index >= 15 is 0 Å². The number of rotatable bonds is 12. The summed E-state index contributed by atoms with van der Waals surface area (Å²) >= 11 is 0. The van der Waals surface area contributed by atoms with Gasteiger partial charge >= 0.3 is 5.97 Å². The van der Waals surface area contributed by atoms with Gasteiger partial charge in [-0.2, -0.15) is 0 Å². The lowest BCUT2D eigenvalue weighted by Gasteiger charge is -2.30. The molecule has 1 amide bonds. The van der Waals surface area contributed by atoms with Crippen LogP contribution in [-0.2, 0) is 16.0 Å². The molecule has 0 aliphatic carbocycles. The fourth-order valence-corrected chi connectivity index (χ4v) is 5.68. The lowest BCUT2D eigenvalue weighted by atomic mass is 9.82. The van der Waals surface area contributed by atoms with Gasteiger partial charge in [-0.1, -0.05) is 51.0 Å². The summed E-state index contributed by atoms with van der Waals surface area (Å²) in [7, 11) is 1.61. The zero-order valence-corrected chi connectivity index (χ0v) is 22.3. The van der Waals surface area contributed by atoms with Gasteiger partial charge in [0, 0.05) is 38.0 Å². The van der Waals surface area contributed by atoms with E-state index in [1.807, 2.05) is 41.3 Å². The highest BCUT2D eigenvalue weighted by molar-refractivity contribution is 5.79. The van der Waals surface area contributed by atoms with Crippen molar-refractivity contribution in [1.82, 2.24) is 9.80 Å². The predicted octanol–water partition coefficient (Wildman–Crippen LogP) is 4.90. The Hall–Kier alpha value is -3.06. The zero-order chi connectivity index (χ0) is 26.4. The molecule has 0 saturated carbocycles. The number of methoxy groups -OCH3 is 1. The Bertz CT molecular complexity index is 1060. The van der Waals surface area contributed by atoms with Crippen molar-refractivity contribution in [2.24, 2.45) is 5.92 Å². The van der Waals surface area contributed by atoms with E-state index in [1.54, 1.807) is 7.11 Å². The molecule has 0 radical (unpaired) electrons. The summed E-state index contributed by atoms with van der Waals surface area (Å²) in [6.45, 7) is 7.09. The Morgan fingerprint density at radius 1 is 1.05 bits per heavy atom. The molecule has 2 aliphatic heterocycles. The number of fused-ring (bicyclic) bond motifs is 1. The number of carbonyl (C=O) groups excluding carboxylic acids is 1. The second-order valence-electron chi connectivity index (χ2n) is 10.2. The lowest BCUT2D eigenvalue weighted by Crippen LogP contribution is -2.42. The number of benzene rings is 2. The van der Waals surface area contributed by atoms with Gasteiger partial charge in [0.2, 0.25) is 5.91 Å². The lowest BCUT2D eigenvalue weighted by molar-refractivity contribution is -0.144. The van der Waals surface area contributed by atoms with Gasteiger partial charge in [-0.05, 0) is 47.7 Å². The second-order valence-corrected chi connectivity index (χ2v) is 10.2. The average molecular weight is 509 g/mol. The van der Waals surface area contributed by atoms with Crippen LogP contribution in [0.4, 0.5) is 0 Å². The number of carbonyl (C=O) groups is 2. The van der Waals surface area contributed by atoms with Crippen LogP contribution in [0.15, 0.2) is 42.5 Å². The first-order valence-corrected chi connectivity index (χ1v) is 13.6. The zero-order valence-electron chi connectivity index (χ0n) is 22.3. The van der Waals surface area contributed by atoms with E-state index in [1.165, 1.54) is 0 Å². The third-order valence-corrected chi connectivity index (χ3v) is 7.74. The Kier molecular flexibility index (Phi) is 9.09. The summed E-state index contributed by atoms with van der Waals surface area (Å²) in [4.78, 5) is 30.4. The van der Waals surface area contributed by atoms with Crippen molar-refractivity contribution in [2.45, 2.75) is 57.9 Å². The highest BCUT2D eigenvalue weighted by atomic mass is 16.5. The van der Waals surface area contributed by atoms with Gasteiger partial charge in [-0.3, -0.25) is 14.5 Å². The average Bonchev–Trinajstić information content (AvgIpc) is 3.53. The van der Waals surface area contributed by atoms with Gasteiger partial charge in [0.1, 0.15) is 11.5 Å². The first-order valence-electron chi connectivity index (χ1n) is 13.6. The van der Waals surface area contributed by atoms with E-state index in [2.05, 4.69) is 24.8 Å². The molecule has 2 heterocycles. The maximum Gasteiger partial charge on any atom is 0.309 e. The molecule has 0 bridgehead atoms. The van der Waals surface area contributed by atoms with Crippen LogP contribution >= 0.6 is 0 Å². The number of hydrogen-bond donors (Lipinski definition) is 1. The molecule has 200 valence electrons. The predicted molar refractivity (Wildman–Crippen MR) is 143 cm³/mol. The number of nitrogens with zero attached hydrogens (tertiary/aromatic N) is 2. The van der Waals surface area contributed by atoms with Crippen LogP contribution in [0.3, 0.4) is 0 Å². The molecule has 1 saturated heterocycles. The first kappa shape index (κ1) is 27.0. The highest BCUT2D eigenvalue weighted by Gasteiger charge is 2.48. The summed E-state index contributed by atoms with van der Waals surface area (Å²) < 4.78 is 11.1. The summed E-state index contributed by atoms with van der Waals surface area (Å²) in [6.07, 6.45) is 4.86. The maximum atomic E-state index is 13.6. The number of carboxylic acids is 1. The van der Waals surface area contributed by atoms with E-state index in [-0.39, 0.29) is 18.4 Å². The van der Waals surface area contributed by atoms with Gasteiger partial charge < -0.3 is 19.5 Å². The van der Waals surface area contributed by atoms with Crippen molar-refractivity contribution in [1.29, 1.82) is 0 Å². The molecular formula is C30H40N2O5. The quantitative estimate of drug-likeness (QED) is 0.439. The van der Waals surface area contributed by atoms with Gasteiger partial charge in [-0.15, -0.1) is 0 Å². The van der Waals surface area contributed by atoms with Crippen molar-refractivity contribution < 1.29 is 24.2 Å². The number of unbranched alkanes of at least 4 members (excludes halogenated alkanes) is 2. The van der Waals surface area contributed by atoms with Crippen molar-refractivity contribution in [3.8, 4) is 11.5 Å². The van der Waals surface area contributed by atoms with E-state index in [4.69, 9.17) is 9.47 Å². The standard InChI is InChI=1S/C30H40N2O5/c1-4-6-15-31(16-7-5-2)27(33)20-32-19-25(23-9-8-21-14-17-37-26(21)18-23)28(30(34)35)29(32)22-10-12-24(36-3)13-11-22/h8-13,18,25,28-29H,4-7,14-17,19-20H2,1-3H3,(H,34,35)/t25-,28-,29+/m0/s1. The Morgan fingerprint density at radius 3 is 2.35 bits per heavy atom. The molecule has 0 unspecified atom stereocenters. The van der Waals surface area contributed by atoms with Crippen LogP contribution in [0, 0.1) is 5.92 Å². The fraction of sp³-hybridized carbons (Fsp3) is 0.533. The third-order valence-electron chi connectivity index (χ3n) is 7.74. The number of ether oxygens (including phenoxy) is 2. The van der Waals surface area contributed by atoms with Crippen molar-refractivity contribution in [3.63, 3.8) is 0 Å². The summed E-state index contributed by atoms with van der Waals surface area (Å²) in [5.74, 6) is -0.165. The number of carboxylic acid groups (broad SMARTS) is 1. The minimum Gasteiger partial charge on any atom is -0.497 e. The van der Waals surface area contributed by atoms with E-state index in [0.29, 0.717) is 18.9 Å². The van der Waals surface area contributed by atoms with Crippen LogP contribution < -0.4 is 9.47 Å². The number of amides is 1. The molecule has 3 atom stereocenters. The first-order chi connectivity index (χ1) is 18.0. The number of hydrogen-bond acceptors (Lipinski definition) is 5. The minimum absolute atomic E-state index is 0.0717. The fourth-order valence-electron chi connectivity index (χ4n) is 5.68. The van der Waals surface area contributed by atoms with Crippen molar-refractivity contribution >= 4 is 11.9 Å². The smallest absolute Gasteiger partial charge is 0.309 e. The molecule has 1 fully saturated rings. The highest BCUT2D eigenvalue weighted by Crippen LogP contribution is 2.47. The van der Waals surface area contributed by atoms with Gasteiger partial charge in [0.25, 0.3) is 0 Å². The van der Waals surface area contributed by atoms with Crippen LogP contribution in [0.2, 0.25) is 0 Å². The Labute approximate surface area is 220 Å². The van der Waals surface area contributed by atoms with Crippen molar-refractivity contribution in [3.05, 3.63) is 59.2 Å². The van der Waals surface area contributed by atoms with Crippen molar-refractivity contribution in [2.75, 3.05) is 39.9 Å². The third kappa shape index (κ3) is 6.09. The van der Waals surface area contributed by atoms with Crippen LogP contribution in [0.25, 0.3) is 0 Å². The molecule has 0 spiro atoms. The van der Waals surface area contributed by atoms with Crippen LogP contribution in [0.1, 0.15) is 68.2 Å². The maximum absolute atomic E-state index is 13.6. The summed E-state index contributed by atoms with van der Waals surface area (Å²) in [6, 6.07) is 13.3. The number of aliphatic carboxylic acids is 1. The molecule has 1 N–H and O–H groups in total. The Morgan fingerprint density at radius 2 is 1.73 bits per heavy atom. The number of likely N-dealkylation sites (tertiary alicyclic amines) is 1.